The third kappa shape index (κ3) is 5.11. The molecule has 8 nitrogen and oxygen atoms in total. The summed E-state index contributed by atoms with van der Waals surface area (Å²) in [5.74, 6) is 0.654. The predicted octanol–water partition coefficient (Wildman–Crippen LogP) is 1.25. The van der Waals surface area contributed by atoms with Gasteiger partial charge in [-0.25, -0.2) is 0 Å². The molecule has 1 fully saturated rings. The molecule has 0 bridgehead atoms. The van der Waals surface area contributed by atoms with Crippen LogP contribution < -0.4 is 5.32 Å². The molecule has 2 aromatic rings. The van der Waals surface area contributed by atoms with Crippen molar-refractivity contribution in [2.24, 2.45) is 0 Å². The van der Waals surface area contributed by atoms with E-state index in [1.54, 1.807) is 0 Å². The fourth-order valence-electron chi connectivity index (χ4n) is 2.94. The summed E-state index contributed by atoms with van der Waals surface area (Å²) in [6.07, 6.45) is 3.54. The first-order chi connectivity index (χ1) is 12.7. The zero-order chi connectivity index (χ0) is 18.2. The smallest absolute Gasteiger partial charge is 0.224 e. The van der Waals surface area contributed by atoms with Gasteiger partial charge in [-0.15, -0.1) is 10.2 Å². The maximum atomic E-state index is 11.9. The van der Waals surface area contributed by atoms with Gasteiger partial charge in [0.1, 0.15) is 0 Å². The predicted molar refractivity (Wildman–Crippen MR) is 95.9 cm³/mol. The lowest BCUT2D eigenvalue weighted by Gasteiger charge is -2.15. The molecule has 0 aliphatic carbocycles. The van der Waals surface area contributed by atoms with Crippen LogP contribution >= 0.6 is 0 Å². The zero-order valence-electron chi connectivity index (χ0n) is 14.8. The average Bonchev–Trinajstić information content (AvgIpc) is 3.34. The molecule has 0 radical (unpaired) electrons. The quantitative estimate of drug-likeness (QED) is 0.768. The Bertz CT molecular complexity index is 724. The largest absolute Gasteiger partial charge is 0.356 e. The summed E-state index contributed by atoms with van der Waals surface area (Å²) in [4.78, 5) is 27.1. The van der Waals surface area contributed by atoms with Crippen molar-refractivity contribution in [1.29, 1.82) is 0 Å². The van der Waals surface area contributed by atoms with Gasteiger partial charge >= 0.3 is 0 Å². The first kappa shape index (κ1) is 18.0. The summed E-state index contributed by atoms with van der Waals surface area (Å²) < 4.78 is 0. The van der Waals surface area contributed by atoms with E-state index in [0.717, 1.165) is 31.5 Å². The number of carbonyl (C=O) groups is 2. The lowest BCUT2D eigenvalue weighted by molar-refractivity contribution is -0.130. The maximum Gasteiger partial charge on any atom is 0.224 e. The standard InChI is InChI=1S/C18H24N6O2/c25-16(19-11-10-17(26)23-12-4-5-13-23)9-6-14-24-21-18(20-22-24)15-7-2-1-3-8-15/h1-3,7-8H,4-6,9-14H2,(H,19,25). The van der Waals surface area contributed by atoms with Crippen molar-refractivity contribution in [2.75, 3.05) is 19.6 Å². The number of nitrogens with one attached hydrogen (secondary N) is 1. The van der Waals surface area contributed by atoms with E-state index in [9.17, 15) is 9.59 Å². The van der Waals surface area contributed by atoms with Gasteiger partial charge in [0.25, 0.3) is 0 Å². The molecule has 1 aliphatic heterocycles. The van der Waals surface area contributed by atoms with Gasteiger partial charge in [0.05, 0.1) is 6.54 Å². The van der Waals surface area contributed by atoms with Gasteiger partial charge in [-0.05, 0) is 24.5 Å². The molecule has 3 rings (SSSR count). The Labute approximate surface area is 152 Å². The number of rotatable bonds is 8. The minimum atomic E-state index is -0.0531. The number of hydrogen-bond acceptors (Lipinski definition) is 5. The normalized spacial score (nSPS) is 13.8. The summed E-state index contributed by atoms with van der Waals surface area (Å²) in [5, 5.41) is 15.2. The van der Waals surface area contributed by atoms with Gasteiger partial charge in [-0.1, -0.05) is 30.3 Å². The van der Waals surface area contributed by atoms with Crippen LogP contribution in [0.15, 0.2) is 30.3 Å². The van der Waals surface area contributed by atoms with Crippen LogP contribution in [0.5, 0.6) is 0 Å². The van der Waals surface area contributed by atoms with Crippen molar-refractivity contribution in [2.45, 2.75) is 38.6 Å². The summed E-state index contributed by atoms with van der Waals surface area (Å²) in [7, 11) is 0. The maximum absolute atomic E-state index is 11.9. The van der Waals surface area contributed by atoms with Crippen molar-refractivity contribution in [3.63, 3.8) is 0 Å². The van der Waals surface area contributed by atoms with E-state index in [0.29, 0.717) is 38.2 Å². The Kier molecular flexibility index (Phi) is 6.29. The van der Waals surface area contributed by atoms with Crippen molar-refractivity contribution in [3.05, 3.63) is 30.3 Å². The van der Waals surface area contributed by atoms with Gasteiger partial charge in [-0.2, -0.15) is 4.80 Å². The molecular weight excluding hydrogens is 332 g/mol. The SMILES string of the molecule is O=C(CCCn1nnc(-c2ccccc2)n1)NCCC(=O)N1CCCC1. The van der Waals surface area contributed by atoms with E-state index in [4.69, 9.17) is 0 Å². The molecule has 1 aromatic heterocycles. The molecular formula is C18H24N6O2. The van der Waals surface area contributed by atoms with E-state index in [2.05, 4.69) is 20.7 Å². The van der Waals surface area contributed by atoms with E-state index in [1.165, 1.54) is 4.80 Å². The first-order valence-electron chi connectivity index (χ1n) is 9.10. The van der Waals surface area contributed by atoms with Crippen LogP contribution in [0.4, 0.5) is 0 Å². The molecule has 0 unspecified atom stereocenters. The Balaban J connectivity index is 1.32. The lowest BCUT2D eigenvalue weighted by atomic mass is 10.2. The van der Waals surface area contributed by atoms with E-state index >= 15 is 0 Å². The number of likely N-dealkylation sites (tertiary alicyclic amines) is 1. The minimum Gasteiger partial charge on any atom is -0.356 e. The molecule has 1 saturated heterocycles. The molecule has 1 aliphatic rings. The number of amides is 2. The number of carbonyl (C=O) groups excluding carboxylic acids is 2. The number of aromatic nitrogens is 4. The molecule has 1 aromatic carbocycles. The minimum absolute atomic E-state index is 0.0531. The topological polar surface area (TPSA) is 93.0 Å². The van der Waals surface area contributed by atoms with Crippen LogP contribution in [0, 0.1) is 0 Å². The van der Waals surface area contributed by atoms with E-state index in [-0.39, 0.29) is 11.8 Å². The molecule has 8 heteroatoms. The molecule has 2 amide bonds. The highest BCUT2D eigenvalue weighted by Gasteiger charge is 2.17. The van der Waals surface area contributed by atoms with Crippen molar-refractivity contribution in [3.8, 4) is 11.4 Å². The number of hydrogen-bond donors (Lipinski definition) is 1. The summed E-state index contributed by atoms with van der Waals surface area (Å²) in [6.45, 7) is 2.62. The Morgan fingerprint density at radius 1 is 1.08 bits per heavy atom. The van der Waals surface area contributed by atoms with Gasteiger partial charge in [-0.3, -0.25) is 9.59 Å². The van der Waals surface area contributed by atoms with Gasteiger partial charge in [0.2, 0.25) is 17.6 Å². The Morgan fingerprint density at radius 3 is 2.62 bits per heavy atom. The fourth-order valence-corrected chi connectivity index (χ4v) is 2.94. The molecule has 0 atom stereocenters. The van der Waals surface area contributed by atoms with Crippen LogP contribution in [0.3, 0.4) is 0 Å². The monoisotopic (exact) mass is 356 g/mol. The molecule has 0 saturated carbocycles. The molecule has 138 valence electrons. The number of tetrazole rings is 1. The second-order valence-corrected chi connectivity index (χ2v) is 6.37. The highest BCUT2D eigenvalue weighted by molar-refractivity contribution is 5.79. The highest BCUT2D eigenvalue weighted by atomic mass is 16.2. The summed E-state index contributed by atoms with van der Waals surface area (Å²) >= 11 is 0. The van der Waals surface area contributed by atoms with Crippen molar-refractivity contribution in [1.82, 2.24) is 30.4 Å². The van der Waals surface area contributed by atoms with Crippen LogP contribution in [-0.4, -0.2) is 56.6 Å². The second kappa shape index (κ2) is 9.07. The van der Waals surface area contributed by atoms with Gasteiger partial charge < -0.3 is 10.2 Å². The van der Waals surface area contributed by atoms with Crippen LogP contribution in [0.2, 0.25) is 0 Å². The zero-order valence-corrected chi connectivity index (χ0v) is 14.8. The molecule has 26 heavy (non-hydrogen) atoms. The Hall–Kier alpha value is -2.77. The van der Waals surface area contributed by atoms with Gasteiger partial charge in [0, 0.05) is 38.0 Å². The van der Waals surface area contributed by atoms with Crippen LogP contribution in [-0.2, 0) is 16.1 Å². The second-order valence-electron chi connectivity index (χ2n) is 6.37. The number of benzene rings is 1. The number of aryl methyl sites for hydroxylation is 1. The van der Waals surface area contributed by atoms with Gasteiger partial charge in [0.15, 0.2) is 0 Å². The van der Waals surface area contributed by atoms with Crippen LogP contribution in [0.1, 0.15) is 32.1 Å². The Morgan fingerprint density at radius 2 is 1.85 bits per heavy atom. The molecule has 0 spiro atoms. The third-order valence-corrected chi connectivity index (χ3v) is 4.37. The summed E-state index contributed by atoms with van der Waals surface area (Å²) in [5.41, 5.74) is 0.916. The van der Waals surface area contributed by atoms with E-state index in [1.807, 2.05) is 35.2 Å². The average molecular weight is 356 g/mol. The molecule has 2 heterocycles. The van der Waals surface area contributed by atoms with E-state index < -0.39 is 0 Å². The lowest BCUT2D eigenvalue weighted by Crippen LogP contribution is -2.32. The van der Waals surface area contributed by atoms with Crippen LogP contribution in [0.25, 0.3) is 11.4 Å². The van der Waals surface area contributed by atoms with Crippen molar-refractivity contribution >= 4 is 11.8 Å². The highest BCUT2D eigenvalue weighted by Crippen LogP contribution is 2.12. The molecule has 1 N–H and O–H groups in total. The fraction of sp³-hybridized carbons (Fsp3) is 0.500. The summed E-state index contributed by atoms with van der Waals surface area (Å²) in [6, 6.07) is 9.64. The van der Waals surface area contributed by atoms with Crippen molar-refractivity contribution < 1.29 is 9.59 Å². The third-order valence-electron chi connectivity index (χ3n) is 4.37. The number of nitrogens with zero attached hydrogens (tertiary/aromatic N) is 5. The first-order valence-corrected chi connectivity index (χ1v) is 9.10.